The maximum absolute atomic E-state index is 13.8. The zero-order chi connectivity index (χ0) is 25.9. The normalized spacial score (nSPS) is 13.4. The fraction of sp³-hybridized carbons (Fsp3) is 0.200. The molecule has 6 nitrogen and oxygen atoms in total. The van der Waals surface area contributed by atoms with Crippen molar-refractivity contribution in [1.29, 1.82) is 0 Å². The molecule has 36 heavy (non-hydrogen) atoms. The average Bonchev–Trinajstić information content (AvgIpc) is 3.39. The summed E-state index contributed by atoms with van der Waals surface area (Å²) in [7, 11) is 0. The fourth-order valence-corrected chi connectivity index (χ4v) is 4.01. The van der Waals surface area contributed by atoms with Crippen LogP contribution in [0.15, 0.2) is 66.7 Å². The molecule has 3 amide bonds. The maximum atomic E-state index is 13.8. The van der Waals surface area contributed by atoms with Crippen LogP contribution in [0.1, 0.15) is 28.8 Å². The lowest BCUT2D eigenvalue weighted by Crippen LogP contribution is -2.27. The molecular formula is C25H22F4N4O2S. The maximum Gasteiger partial charge on any atom is 0.416 e. The largest absolute Gasteiger partial charge is 0.416 e. The first-order chi connectivity index (χ1) is 17.1. The second-order valence-electron chi connectivity index (χ2n) is 8.18. The Bertz CT molecular complexity index is 1260. The van der Waals surface area contributed by atoms with Crippen LogP contribution in [0.3, 0.4) is 0 Å². The van der Waals surface area contributed by atoms with Crippen LogP contribution in [-0.2, 0) is 6.18 Å². The molecule has 0 aliphatic carbocycles. The van der Waals surface area contributed by atoms with Gasteiger partial charge in [0.25, 0.3) is 5.91 Å². The number of hydrogen-bond donors (Lipinski definition) is 3. The van der Waals surface area contributed by atoms with Gasteiger partial charge < -0.3 is 15.5 Å². The molecular weight excluding hydrogens is 496 g/mol. The molecule has 0 spiro atoms. The molecule has 3 aromatic carbocycles. The lowest BCUT2D eigenvalue weighted by atomic mass is 10.1. The SMILES string of the molecule is O=C(Nc1ccc(N(S)C(=O)Nc2cc(N3CCCC3)cc(C(F)(F)F)c2)cc1)c1ccccc1F. The fourth-order valence-electron chi connectivity index (χ4n) is 3.83. The molecule has 0 aromatic heterocycles. The van der Waals surface area contributed by atoms with Crippen molar-refractivity contribution in [2.24, 2.45) is 0 Å². The van der Waals surface area contributed by atoms with Gasteiger partial charge in [-0.25, -0.2) is 13.5 Å². The van der Waals surface area contributed by atoms with Crippen LogP contribution in [0.5, 0.6) is 0 Å². The number of nitrogens with one attached hydrogen (secondary N) is 2. The Morgan fingerprint density at radius 3 is 2.19 bits per heavy atom. The van der Waals surface area contributed by atoms with Gasteiger partial charge in [0.15, 0.2) is 0 Å². The highest BCUT2D eigenvalue weighted by Crippen LogP contribution is 2.35. The topological polar surface area (TPSA) is 64.7 Å². The monoisotopic (exact) mass is 518 g/mol. The Morgan fingerprint density at radius 2 is 1.56 bits per heavy atom. The molecule has 1 aliphatic heterocycles. The van der Waals surface area contributed by atoms with Crippen LogP contribution >= 0.6 is 12.8 Å². The second kappa shape index (κ2) is 10.5. The van der Waals surface area contributed by atoms with E-state index in [1.165, 1.54) is 54.6 Å². The third kappa shape index (κ3) is 5.91. The molecule has 11 heteroatoms. The second-order valence-corrected chi connectivity index (χ2v) is 8.58. The van der Waals surface area contributed by atoms with Crippen molar-refractivity contribution in [3.05, 3.63) is 83.7 Å². The quantitative estimate of drug-likeness (QED) is 0.264. The third-order valence-electron chi connectivity index (χ3n) is 5.65. The molecule has 0 radical (unpaired) electrons. The van der Waals surface area contributed by atoms with Gasteiger partial charge in [-0.3, -0.25) is 4.79 Å². The van der Waals surface area contributed by atoms with E-state index >= 15 is 0 Å². The summed E-state index contributed by atoms with van der Waals surface area (Å²) in [6, 6.07) is 14.1. The standard InChI is InChI=1S/C25H22F4N4O2S/c26-22-6-2-1-5-21(22)23(34)30-17-7-9-19(10-8-17)33(36)24(35)31-18-13-16(25(27,28)29)14-20(15-18)32-11-3-4-12-32/h1-2,5-10,13-15,36H,3-4,11-12H2,(H,30,34)(H,31,35). The van der Waals surface area contributed by atoms with Crippen molar-refractivity contribution < 1.29 is 27.2 Å². The summed E-state index contributed by atoms with van der Waals surface area (Å²) in [6.45, 7) is 1.29. The summed E-state index contributed by atoms with van der Waals surface area (Å²) in [5.41, 5.74) is 0.0469. The molecule has 0 unspecified atom stereocenters. The van der Waals surface area contributed by atoms with E-state index in [9.17, 15) is 27.2 Å². The number of thiol groups is 1. The Morgan fingerprint density at radius 1 is 0.889 bits per heavy atom. The number of carbonyl (C=O) groups excluding carboxylic acids is 2. The van der Waals surface area contributed by atoms with Gasteiger partial charge in [-0.05, 0) is 67.4 Å². The highest BCUT2D eigenvalue weighted by molar-refractivity contribution is 7.82. The smallest absolute Gasteiger partial charge is 0.371 e. The summed E-state index contributed by atoms with van der Waals surface area (Å²) < 4.78 is 55.1. The zero-order valence-corrected chi connectivity index (χ0v) is 19.7. The number of benzene rings is 3. The van der Waals surface area contributed by atoms with Gasteiger partial charge in [0.1, 0.15) is 5.82 Å². The van der Waals surface area contributed by atoms with Crippen LogP contribution in [0.25, 0.3) is 0 Å². The number of carbonyl (C=O) groups is 2. The molecule has 0 atom stereocenters. The Hall–Kier alpha value is -3.73. The van der Waals surface area contributed by atoms with E-state index in [1.807, 2.05) is 4.90 Å². The number of anilines is 4. The van der Waals surface area contributed by atoms with Crippen molar-refractivity contribution >= 4 is 47.5 Å². The zero-order valence-electron chi connectivity index (χ0n) is 18.8. The molecule has 1 heterocycles. The van der Waals surface area contributed by atoms with Crippen molar-refractivity contribution in [2.45, 2.75) is 19.0 Å². The summed E-state index contributed by atoms with van der Waals surface area (Å²) >= 11 is 4.17. The minimum atomic E-state index is -4.57. The molecule has 1 aliphatic rings. The Labute approximate surface area is 210 Å². The van der Waals surface area contributed by atoms with Crippen LogP contribution in [0, 0.1) is 5.82 Å². The van der Waals surface area contributed by atoms with Gasteiger partial charge in [0.05, 0.1) is 16.8 Å². The van der Waals surface area contributed by atoms with Gasteiger partial charge in [-0.15, -0.1) is 0 Å². The van der Waals surface area contributed by atoms with Gasteiger partial charge in [0.2, 0.25) is 0 Å². The predicted molar refractivity (Wildman–Crippen MR) is 134 cm³/mol. The molecule has 2 N–H and O–H groups in total. The van der Waals surface area contributed by atoms with E-state index in [1.54, 1.807) is 0 Å². The average molecular weight is 519 g/mol. The van der Waals surface area contributed by atoms with Gasteiger partial charge in [0, 0.05) is 30.2 Å². The predicted octanol–water partition coefficient (Wildman–Crippen LogP) is 6.58. The molecule has 188 valence electrons. The molecule has 3 aromatic rings. The lowest BCUT2D eigenvalue weighted by molar-refractivity contribution is -0.137. The molecule has 0 saturated carbocycles. The highest BCUT2D eigenvalue weighted by atomic mass is 32.1. The van der Waals surface area contributed by atoms with Crippen LogP contribution in [0.4, 0.5) is 45.1 Å². The minimum Gasteiger partial charge on any atom is -0.371 e. The molecule has 0 bridgehead atoms. The summed E-state index contributed by atoms with van der Waals surface area (Å²) in [5, 5.41) is 5.02. The van der Waals surface area contributed by atoms with E-state index in [0.717, 1.165) is 29.3 Å². The number of alkyl halides is 3. The number of urea groups is 1. The van der Waals surface area contributed by atoms with Crippen LogP contribution in [-0.4, -0.2) is 25.0 Å². The Balaban J connectivity index is 1.46. The van der Waals surface area contributed by atoms with E-state index < -0.39 is 29.5 Å². The van der Waals surface area contributed by atoms with Gasteiger partial charge >= 0.3 is 12.2 Å². The first kappa shape index (κ1) is 25.4. The third-order valence-corrected chi connectivity index (χ3v) is 6.06. The van der Waals surface area contributed by atoms with Gasteiger partial charge in [-0.2, -0.15) is 13.2 Å². The first-order valence-corrected chi connectivity index (χ1v) is 11.4. The van der Waals surface area contributed by atoms with Crippen LogP contribution in [0.2, 0.25) is 0 Å². The van der Waals surface area contributed by atoms with Crippen molar-refractivity contribution in [2.75, 3.05) is 32.9 Å². The van der Waals surface area contributed by atoms with Crippen molar-refractivity contribution in [3.63, 3.8) is 0 Å². The molecule has 4 rings (SSSR count). The summed E-state index contributed by atoms with van der Waals surface area (Å²) in [5.74, 6) is -1.30. The number of amides is 3. The van der Waals surface area contributed by atoms with E-state index in [-0.39, 0.29) is 11.3 Å². The molecule has 1 fully saturated rings. The van der Waals surface area contributed by atoms with E-state index in [4.69, 9.17) is 0 Å². The number of rotatable bonds is 5. The Kier molecular flexibility index (Phi) is 7.39. The number of halogens is 4. The summed E-state index contributed by atoms with van der Waals surface area (Å²) in [6.07, 6.45) is -2.79. The summed E-state index contributed by atoms with van der Waals surface area (Å²) in [4.78, 5) is 26.8. The minimum absolute atomic E-state index is 0.00968. The van der Waals surface area contributed by atoms with E-state index in [0.29, 0.717) is 30.2 Å². The first-order valence-electron chi connectivity index (χ1n) is 11.0. The lowest BCUT2D eigenvalue weighted by Gasteiger charge is -2.22. The number of hydrogen-bond acceptors (Lipinski definition) is 4. The number of nitrogens with zero attached hydrogens (tertiary/aromatic N) is 2. The molecule has 1 saturated heterocycles. The van der Waals surface area contributed by atoms with Gasteiger partial charge in [-0.1, -0.05) is 24.9 Å². The van der Waals surface area contributed by atoms with Crippen molar-refractivity contribution in [3.8, 4) is 0 Å². The van der Waals surface area contributed by atoms with E-state index in [2.05, 4.69) is 23.4 Å². The van der Waals surface area contributed by atoms with Crippen LogP contribution < -0.4 is 19.8 Å². The van der Waals surface area contributed by atoms with Crippen molar-refractivity contribution in [1.82, 2.24) is 0 Å². The highest BCUT2D eigenvalue weighted by Gasteiger charge is 2.32.